The number of nitrogens with zero attached hydrogens (tertiary/aromatic N) is 2. The van der Waals surface area contributed by atoms with Gasteiger partial charge in [-0.15, -0.1) is 0 Å². The van der Waals surface area contributed by atoms with Crippen LogP contribution in [0, 0.1) is 0 Å². The molecule has 1 heterocycles. The van der Waals surface area contributed by atoms with E-state index >= 15 is 0 Å². The summed E-state index contributed by atoms with van der Waals surface area (Å²) in [5.74, 6) is 0.578. The highest BCUT2D eigenvalue weighted by molar-refractivity contribution is 7.91. The third-order valence-corrected chi connectivity index (χ3v) is 4.14. The topological polar surface area (TPSA) is 57.5 Å². The summed E-state index contributed by atoms with van der Waals surface area (Å²) in [5.41, 5.74) is 0.832. The largest absolute Gasteiger partial charge is 0.591 e. The summed E-state index contributed by atoms with van der Waals surface area (Å²) in [6.07, 6.45) is 3.31. The molecule has 1 atom stereocenters. The molecule has 0 aliphatic carbocycles. The average molecular weight is 290 g/mol. The lowest BCUT2D eigenvalue weighted by molar-refractivity contribution is 0.403. The first-order valence-corrected chi connectivity index (χ1v) is 7.42. The molecule has 20 heavy (non-hydrogen) atoms. The molecule has 4 nitrogen and oxygen atoms in total. The Morgan fingerprint density at radius 1 is 1.25 bits per heavy atom. The van der Waals surface area contributed by atoms with Crippen LogP contribution in [0.4, 0.5) is 0 Å². The van der Waals surface area contributed by atoms with Crippen molar-refractivity contribution in [3.05, 3.63) is 36.0 Å². The molecule has 0 fully saturated rings. The van der Waals surface area contributed by atoms with Crippen molar-refractivity contribution in [2.24, 2.45) is 4.40 Å². The van der Waals surface area contributed by atoms with Crippen molar-refractivity contribution in [3.63, 3.8) is 0 Å². The summed E-state index contributed by atoms with van der Waals surface area (Å²) in [4.78, 5) is 4.25. The Bertz CT molecular complexity index is 635. The highest BCUT2D eigenvalue weighted by atomic mass is 32.2. The number of methoxy groups -OCH3 is 1. The van der Waals surface area contributed by atoms with Crippen molar-refractivity contribution < 1.29 is 9.29 Å². The van der Waals surface area contributed by atoms with Gasteiger partial charge in [-0.05, 0) is 32.2 Å². The number of hydrogen-bond donors (Lipinski definition) is 0. The monoisotopic (exact) mass is 290 g/mol. The second-order valence-electron chi connectivity index (χ2n) is 5.36. The van der Waals surface area contributed by atoms with Crippen LogP contribution in [0.15, 0.2) is 34.9 Å². The molecule has 2 aromatic rings. The second-order valence-corrected chi connectivity index (χ2v) is 7.30. The summed E-state index contributed by atoms with van der Waals surface area (Å²) in [6, 6.07) is 7.79. The molecule has 0 radical (unpaired) electrons. The molecule has 0 unspecified atom stereocenters. The van der Waals surface area contributed by atoms with Gasteiger partial charge in [0.2, 0.25) is 5.88 Å². The van der Waals surface area contributed by atoms with Gasteiger partial charge in [0.15, 0.2) is 0 Å². The lowest BCUT2D eigenvalue weighted by Crippen LogP contribution is -2.25. The first-order valence-electron chi connectivity index (χ1n) is 6.31. The Balaban J connectivity index is 2.44. The number of hydrogen-bond acceptors (Lipinski definition) is 4. The molecule has 0 aliphatic rings. The van der Waals surface area contributed by atoms with Crippen molar-refractivity contribution in [1.29, 1.82) is 0 Å². The van der Waals surface area contributed by atoms with E-state index in [1.54, 1.807) is 19.5 Å². The molecule has 0 amide bonds. The van der Waals surface area contributed by atoms with Crippen molar-refractivity contribution in [2.45, 2.75) is 25.5 Å². The Morgan fingerprint density at radius 3 is 2.50 bits per heavy atom. The van der Waals surface area contributed by atoms with E-state index in [1.807, 2.05) is 45.0 Å². The number of rotatable bonds is 3. The molecule has 1 aromatic carbocycles. The van der Waals surface area contributed by atoms with E-state index in [4.69, 9.17) is 4.74 Å². The molecule has 106 valence electrons. The van der Waals surface area contributed by atoms with E-state index in [0.29, 0.717) is 5.88 Å². The predicted octanol–water partition coefficient (Wildman–Crippen LogP) is 3.12. The minimum atomic E-state index is -1.28. The minimum Gasteiger partial charge on any atom is -0.591 e. The van der Waals surface area contributed by atoms with Gasteiger partial charge in [0.25, 0.3) is 0 Å². The zero-order valence-electron chi connectivity index (χ0n) is 12.1. The SMILES string of the molecule is COc1ncc(/C=N/[S@+]([O-])C(C)(C)C)c2ccccc12. The summed E-state index contributed by atoms with van der Waals surface area (Å²) >= 11 is -1.28. The smallest absolute Gasteiger partial charge is 0.221 e. The normalized spacial score (nSPS) is 13.8. The summed E-state index contributed by atoms with van der Waals surface area (Å²) in [7, 11) is 1.59. The standard InChI is InChI=1S/C15H18N2O2S/c1-15(2,3)20(18)17-10-11-9-16-14(19-4)13-8-6-5-7-12(11)13/h5-10H,1-4H3/b17-10+/t20-/m1/s1. The highest BCUT2D eigenvalue weighted by Gasteiger charge is 2.25. The average Bonchev–Trinajstić information content (AvgIpc) is 2.43. The van der Waals surface area contributed by atoms with Gasteiger partial charge >= 0.3 is 0 Å². The third-order valence-electron chi connectivity index (χ3n) is 2.79. The number of ether oxygens (including phenoxy) is 1. The molecule has 1 aromatic heterocycles. The zero-order valence-corrected chi connectivity index (χ0v) is 12.9. The quantitative estimate of drug-likeness (QED) is 0.644. The van der Waals surface area contributed by atoms with Gasteiger partial charge in [0.1, 0.15) is 16.1 Å². The van der Waals surface area contributed by atoms with Crippen molar-refractivity contribution >= 4 is 28.3 Å². The fraction of sp³-hybridized carbons (Fsp3) is 0.333. The highest BCUT2D eigenvalue weighted by Crippen LogP contribution is 2.25. The summed E-state index contributed by atoms with van der Waals surface area (Å²) in [5, 5.41) is 1.90. The molecular weight excluding hydrogens is 272 g/mol. The molecule has 2 rings (SSSR count). The molecule has 0 spiro atoms. The molecule has 0 aliphatic heterocycles. The maximum atomic E-state index is 12.0. The van der Waals surface area contributed by atoms with Gasteiger partial charge < -0.3 is 9.29 Å². The van der Waals surface area contributed by atoms with Crippen LogP contribution in [0.5, 0.6) is 5.88 Å². The molecule has 5 heteroatoms. The lowest BCUT2D eigenvalue weighted by Gasteiger charge is -2.17. The van der Waals surface area contributed by atoms with Crippen molar-refractivity contribution in [1.82, 2.24) is 4.98 Å². The second kappa shape index (κ2) is 5.81. The fourth-order valence-electron chi connectivity index (χ4n) is 1.72. The third kappa shape index (κ3) is 3.11. The van der Waals surface area contributed by atoms with E-state index < -0.39 is 11.4 Å². The zero-order chi connectivity index (χ0) is 14.8. The van der Waals surface area contributed by atoms with Crippen LogP contribution in [0.2, 0.25) is 0 Å². The maximum absolute atomic E-state index is 12.0. The van der Waals surface area contributed by atoms with Gasteiger partial charge in [-0.2, -0.15) is 0 Å². The first kappa shape index (κ1) is 14.8. The van der Waals surface area contributed by atoms with Crippen LogP contribution in [0.1, 0.15) is 26.3 Å². The number of aromatic nitrogens is 1. The molecule has 0 N–H and O–H groups in total. The van der Waals surface area contributed by atoms with Gasteiger partial charge in [0.05, 0.1) is 13.3 Å². The first-order chi connectivity index (χ1) is 9.43. The molecule has 0 bridgehead atoms. The van der Waals surface area contributed by atoms with Crippen LogP contribution in [-0.4, -0.2) is 27.6 Å². The Labute approximate surface area is 122 Å². The Kier molecular flexibility index (Phi) is 4.30. The van der Waals surface area contributed by atoms with Crippen LogP contribution in [0.25, 0.3) is 10.8 Å². The predicted molar refractivity (Wildman–Crippen MR) is 83.8 cm³/mol. The Morgan fingerprint density at radius 2 is 1.90 bits per heavy atom. The summed E-state index contributed by atoms with van der Waals surface area (Å²) in [6.45, 7) is 5.68. The maximum Gasteiger partial charge on any atom is 0.221 e. The van der Waals surface area contributed by atoms with Crippen LogP contribution < -0.4 is 4.74 Å². The molecular formula is C15H18N2O2S. The van der Waals surface area contributed by atoms with Crippen LogP contribution in [0.3, 0.4) is 0 Å². The summed E-state index contributed by atoms with van der Waals surface area (Å²) < 4.78 is 21.0. The fourth-order valence-corrected chi connectivity index (χ4v) is 2.24. The lowest BCUT2D eigenvalue weighted by atomic mass is 10.1. The Hall–Kier alpha value is -1.59. The van der Waals surface area contributed by atoms with E-state index in [9.17, 15) is 4.55 Å². The van der Waals surface area contributed by atoms with Crippen molar-refractivity contribution in [3.8, 4) is 5.88 Å². The van der Waals surface area contributed by atoms with Crippen LogP contribution in [-0.2, 0) is 11.4 Å². The van der Waals surface area contributed by atoms with E-state index in [1.165, 1.54) is 0 Å². The number of benzene rings is 1. The van der Waals surface area contributed by atoms with Gasteiger partial charge in [0, 0.05) is 17.1 Å². The van der Waals surface area contributed by atoms with E-state index in [2.05, 4.69) is 9.38 Å². The number of pyridine rings is 1. The minimum absolute atomic E-state index is 0.369. The molecule has 0 saturated heterocycles. The van der Waals surface area contributed by atoms with Gasteiger partial charge in [-0.1, -0.05) is 22.6 Å². The van der Waals surface area contributed by atoms with E-state index in [-0.39, 0.29) is 4.75 Å². The van der Waals surface area contributed by atoms with E-state index in [0.717, 1.165) is 16.3 Å². The van der Waals surface area contributed by atoms with Crippen molar-refractivity contribution in [2.75, 3.05) is 7.11 Å². The van der Waals surface area contributed by atoms with Gasteiger partial charge in [-0.3, -0.25) is 0 Å². The van der Waals surface area contributed by atoms with Gasteiger partial charge in [-0.25, -0.2) is 4.98 Å². The van der Waals surface area contributed by atoms with Crippen LogP contribution >= 0.6 is 0 Å². The number of fused-ring (bicyclic) bond motifs is 1. The molecule has 0 saturated carbocycles.